The van der Waals surface area contributed by atoms with Gasteiger partial charge in [0, 0.05) is 17.4 Å². The van der Waals surface area contributed by atoms with Crippen molar-refractivity contribution in [2.45, 2.75) is 13.0 Å². The number of carbonyl (C=O) groups is 1. The van der Waals surface area contributed by atoms with Gasteiger partial charge in [-0.25, -0.2) is 0 Å². The molecule has 0 fully saturated rings. The van der Waals surface area contributed by atoms with Gasteiger partial charge in [-0.15, -0.1) is 0 Å². The molecule has 1 aromatic heterocycles. The van der Waals surface area contributed by atoms with Crippen LogP contribution in [0, 0.1) is 5.92 Å². The van der Waals surface area contributed by atoms with E-state index in [1.165, 1.54) is 0 Å². The van der Waals surface area contributed by atoms with Gasteiger partial charge in [0.25, 0.3) is 0 Å². The van der Waals surface area contributed by atoms with E-state index in [0.29, 0.717) is 10.7 Å². The first kappa shape index (κ1) is 14.5. The van der Waals surface area contributed by atoms with Gasteiger partial charge < -0.3 is 5.11 Å². The number of hydrazone groups is 1. The lowest BCUT2D eigenvalue weighted by atomic mass is 9.91. The fraction of sp³-hybridized carbons (Fsp3) is 0.188. The molecule has 6 heteroatoms. The van der Waals surface area contributed by atoms with Crippen LogP contribution in [0.15, 0.2) is 53.9 Å². The Hall–Kier alpha value is -2.40. The molecule has 2 unspecified atom stereocenters. The molecule has 1 aliphatic heterocycles. The zero-order chi connectivity index (χ0) is 15.7. The normalized spacial score (nSPS) is 20.8. The van der Waals surface area contributed by atoms with E-state index in [1.54, 1.807) is 42.5 Å². The number of halogens is 1. The van der Waals surface area contributed by atoms with Crippen LogP contribution in [-0.4, -0.2) is 21.8 Å². The molecule has 2 aromatic rings. The number of aliphatic carboxylic acids is 1. The molecule has 3 rings (SSSR count). The van der Waals surface area contributed by atoms with Crippen molar-refractivity contribution in [3.05, 3.63) is 59.4 Å². The Morgan fingerprint density at radius 3 is 2.59 bits per heavy atom. The second kappa shape index (κ2) is 5.77. The zero-order valence-corrected chi connectivity index (χ0v) is 12.6. The molecule has 112 valence electrons. The molecule has 0 spiro atoms. The first-order chi connectivity index (χ1) is 10.6. The van der Waals surface area contributed by atoms with Crippen LogP contribution in [0.3, 0.4) is 0 Å². The van der Waals surface area contributed by atoms with Crippen molar-refractivity contribution >= 4 is 29.0 Å². The van der Waals surface area contributed by atoms with E-state index in [0.717, 1.165) is 11.3 Å². The van der Waals surface area contributed by atoms with Crippen molar-refractivity contribution in [1.82, 2.24) is 4.98 Å². The molecule has 22 heavy (non-hydrogen) atoms. The van der Waals surface area contributed by atoms with E-state index in [1.807, 2.05) is 18.2 Å². The second-order valence-corrected chi connectivity index (χ2v) is 5.55. The molecule has 0 bridgehead atoms. The third-order valence-corrected chi connectivity index (χ3v) is 3.93. The van der Waals surface area contributed by atoms with Crippen molar-refractivity contribution in [3.8, 4) is 0 Å². The largest absolute Gasteiger partial charge is 0.481 e. The highest BCUT2D eigenvalue weighted by Crippen LogP contribution is 2.39. The highest BCUT2D eigenvalue weighted by molar-refractivity contribution is 6.30. The standard InChI is InChI=1S/C16H14ClN3O2/c1-10-14(16(21)22)15(11-3-2-8-18-9-11)20(19-10)13-6-4-12(17)5-7-13/h2-9,14-15H,1H3,(H,21,22). The predicted molar refractivity (Wildman–Crippen MR) is 85.1 cm³/mol. The molecule has 1 aromatic carbocycles. The number of aromatic nitrogens is 1. The summed E-state index contributed by atoms with van der Waals surface area (Å²) >= 11 is 5.92. The number of carboxylic acid groups (broad SMARTS) is 1. The van der Waals surface area contributed by atoms with Gasteiger partial charge in [0.15, 0.2) is 0 Å². The van der Waals surface area contributed by atoms with Gasteiger partial charge in [0.1, 0.15) is 5.92 Å². The van der Waals surface area contributed by atoms with Gasteiger partial charge in [-0.1, -0.05) is 17.7 Å². The Labute approximate surface area is 132 Å². The topological polar surface area (TPSA) is 65.8 Å². The fourth-order valence-corrected chi connectivity index (χ4v) is 2.80. The minimum Gasteiger partial charge on any atom is -0.481 e. The van der Waals surface area contributed by atoms with E-state index in [2.05, 4.69) is 10.1 Å². The van der Waals surface area contributed by atoms with E-state index in [4.69, 9.17) is 11.6 Å². The number of pyridine rings is 1. The molecular formula is C16H14ClN3O2. The van der Waals surface area contributed by atoms with Crippen LogP contribution in [0.1, 0.15) is 18.5 Å². The van der Waals surface area contributed by atoms with Gasteiger partial charge in [0.2, 0.25) is 0 Å². The molecule has 0 aliphatic carbocycles. The Balaban J connectivity index is 2.07. The summed E-state index contributed by atoms with van der Waals surface area (Å²) in [4.78, 5) is 15.8. The van der Waals surface area contributed by atoms with Crippen molar-refractivity contribution in [2.75, 3.05) is 5.01 Å². The van der Waals surface area contributed by atoms with Crippen molar-refractivity contribution in [2.24, 2.45) is 11.0 Å². The van der Waals surface area contributed by atoms with E-state index < -0.39 is 17.9 Å². The third-order valence-electron chi connectivity index (χ3n) is 3.68. The summed E-state index contributed by atoms with van der Waals surface area (Å²) < 4.78 is 0. The lowest BCUT2D eigenvalue weighted by Gasteiger charge is -2.26. The van der Waals surface area contributed by atoms with Gasteiger partial charge in [0.05, 0.1) is 17.4 Å². The van der Waals surface area contributed by atoms with Gasteiger partial charge in [-0.2, -0.15) is 5.10 Å². The Morgan fingerprint density at radius 2 is 2.00 bits per heavy atom. The molecule has 1 N–H and O–H groups in total. The van der Waals surface area contributed by atoms with Crippen LogP contribution in [0.2, 0.25) is 5.02 Å². The minimum atomic E-state index is -0.897. The van der Waals surface area contributed by atoms with Gasteiger partial charge in [-0.3, -0.25) is 14.8 Å². The van der Waals surface area contributed by atoms with Gasteiger partial charge in [-0.05, 0) is 42.8 Å². The SMILES string of the molecule is CC1=NN(c2ccc(Cl)cc2)C(c2cccnc2)C1C(=O)O. The lowest BCUT2D eigenvalue weighted by Crippen LogP contribution is -2.30. The Kier molecular flexibility index (Phi) is 3.81. The molecule has 0 saturated heterocycles. The summed E-state index contributed by atoms with van der Waals surface area (Å²) in [5.74, 6) is -1.61. The van der Waals surface area contributed by atoms with Gasteiger partial charge >= 0.3 is 5.97 Å². The highest BCUT2D eigenvalue weighted by atomic mass is 35.5. The summed E-state index contributed by atoms with van der Waals surface area (Å²) in [6.45, 7) is 1.73. The second-order valence-electron chi connectivity index (χ2n) is 5.11. The van der Waals surface area contributed by atoms with Crippen LogP contribution in [0.4, 0.5) is 5.69 Å². The molecule has 2 atom stereocenters. The molecule has 0 amide bonds. The number of carboxylic acids is 1. The first-order valence-corrected chi connectivity index (χ1v) is 7.18. The number of hydrogen-bond donors (Lipinski definition) is 1. The van der Waals surface area contributed by atoms with E-state index >= 15 is 0 Å². The van der Waals surface area contributed by atoms with Crippen LogP contribution in [-0.2, 0) is 4.79 Å². The summed E-state index contributed by atoms with van der Waals surface area (Å²) in [7, 11) is 0. The summed E-state index contributed by atoms with van der Waals surface area (Å²) in [6.07, 6.45) is 3.34. The zero-order valence-electron chi connectivity index (χ0n) is 11.8. The third kappa shape index (κ3) is 2.55. The maximum atomic E-state index is 11.7. The predicted octanol–water partition coefficient (Wildman–Crippen LogP) is 3.37. The molecule has 0 saturated carbocycles. The number of rotatable bonds is 3. The Bertz CT molecular complexity index is 716. The van der Waals surface area contributed by atoms with Crippen molar-refractivity contribution < 1.29 is 9.90 Å². The molecule has 2 heterocycles. The fourth-order valence-electron chi connectivity index (χ4n) is 2.67. The van der Waals surface area contributed by atoms with Crippen LogP contribution < -0.4 is 5.01 Å². The number of anilines is 1. The number of benzene rings is 1. The molecule has 0 radical (unpaired) electrons. The summed E-state index contributed by atoms with van der Waals surface area (Å²) in [5, 5.41) is 16.4. The molecular weight excluding hydrogens is 302 g/mol. The van der Waals surface area contributed by atoms with Crippen LogP contribution in [0.5, 0.6) is 0 Å². The summed E-state index contributed by atoms with van der Waals surface area (Å²) in [6, 6.07) is 10.4. The van der Waals surface area contributed by atoms with E-state index in [-0.39, 0.29) is 0 Å². The molecule has 5 nitrogen and oxygen atoms in total. The lowest BCUT2D eigenvalue weighted by molar-refractivity contribution is -0.139. The number of hydrogen-bond acceptors (Lipinski definition) is 4. The average Bonchev–Trinajstić information content (AvgIpc) is 2.86. The quantitative estimate of drug-likeness (QED) is 0.943. The maximum Gasteiger partial charge on any atom is 0.314 e. The maximum absolute atomic E-state index is 11.7. The first-order valence-electron chi connectivity index (χ1n) is 6.80. The highest BCUT2D eigenvalue weighted by Gasteiger charge is 2.42. The van der Waals surface area contributed by atoms with Crippen LogP contribution in [0.25, 0.3) is 0 Å². The Morgan fingerprint density at radius 1 is 1.27 bits per heavy atom. The van der Waals surface area contributed by atoms with Crippen LogP contribution >= 0.6 is 11.6 Å². The molecule has 1 aliphatic rings. The van der Waals surface area contributed by atoms with E-state index in [9.17, 15) is 9.90 Å². The average molecular weight is 316 g/mol. The monoisotopic (exact) mass is 315 g/mol. The van der Waals surface area contributed by atoms with Crippen molar-refractivity contribution in [1.29, 1.82) is 0 Å². The minimum absolute atomic E-state index is 0.424. The summed E-state index contributed by atoms with van der Waals surface area (Å²) in [5.41, 5.74) is 2.17. The number of nitrogens with zero attached hydrogens (tertiary/aromatic N) is 3. The van der Waals surface area contributed by atoms with Crippen molar-refractivity contribution in [3.63, 3.8) is 0 Å². The smallest absolute Gasteiger partial charge is 0.314 e.